The average Bonchev–Trinajstić information content (AvgIpc) is 2.42. The largest absolute Gasteiger partial charge is 0.396 e. The summed E-state index contributed by atoms with van der Waals surface area (Å²) in [7, 11) is 0. The molecular formula is C17H29N3O. The molecular weight excluding hydrogens is 262 g/mol. The Balaban J connectivity index is 1.91. The number of aliphatic hydroxyl groups excluding tert-OH is 1. The van der Waals surface area contributed by atoms with Gasteiger partial charge in [-0.25, -0.2) is 4.98 Å². The van der Waals surface area contributed by atoms with E-state index in [0.717, 1.165) is 31.9 Å². The number of hydrogen-bond acceptors (Lipinski definition) is 4. The fourth-order valence-corrected chi connectivity index (χ4v) is 2.62. The van der Waals surface area contributed by atoms with Gasteiger partial charge in [-0.15, -0.1) is 0 Å². The van der Waals surface area contributed by atoms with Crippen molar-refractivity contribution in [1.82, 2.24) is 10.3 Å². The van der Waals surface area contributed by atoms with Gasteiger partial charge < -0.3 is 15.3 Å². The second-order valence-electron chi connectivity index (χ2n) is 6.40. The molecule has 2 N–H and O–H groups in total. The number of aromatic nitrogens is 1. The van der Waals surface area contributed by atoms with E-state index in [0.29, 0.717) is 12.0 Å². The van der Waals surface area contributed by atoms with Gasteiger partial charge in [-0.05, 0) is 49.8 Å². The van der Waals surface area contributed by atoms with E-state index in [9.17, 15) is 0 Å². The first-order valence-electron chi connectivity index (χ1n) is 8.24. The van der Waals surface area contributed by atoms with Gasteiger partial charge >= 0.3 is 0 Å². The fraction of sp³-hybridized carbons (Fsp3) is 0.706. The van der Waals surface area contributed by atoms with E-state index in [4.69, 9.17) is 5.11 Å². The number of hydrogen-bond donors (Lipinski definition) is 2. The van der Waals surface area contributed by atoms with Crippen LogP contribution in [-0.2, 0) is 6.54 Å². The standard InChI is InChI=1S/C17H29N3O/c1-14(2)11-18-12-15-7-8-17(19-13-15)20(9-4-10-21)16-5-3-6-16/h7-8,13-14,16,18,21H,3-6,9-12H2,1-2H3. The zero-order valence-electron chi connectivity index (χ0n) is 13.4. The van der Waals surface area contributed by atoms with Crippen LogP contribution in [0.15, 0.2) is 18.3 Å². The Kier molecular flexibility index (Phi) is 6.46. The molecule has 0 aromatic carbocycles. The third-order valence-corrected chi connectivity index (χ3v) is 4.06. The topological polar surface area (TPSA) is 48.4 Å². The molecule has 4 heteroatoms. The van der Waals surface area contributed by atoms with Gasteiger partial charge in [-0.2, -0.15) is 0 Å². The van der Waals surface area contributed by atoms with Crippen LogP contribution in [-0.4, -0.2) is 35.8 Å². The maximum Gasteiger partial charge on any atom is 0.128 e. The summed E-state index contributed by atoms with van der Waals surface area (Å²) in [5.41, 5.74) is 1.23. The molecule has 0 radical (unpaired) electrons. The Morgan fingerprint density at radius 2 is 2.19 bits per heavy atom. The molecule has 0 spiro atoms. The maximum atomic E-state index is 9.07. The number of nitrogens with one attached hydrogen (secondary N) is 1. The van der Waals surface area contributed by atoms with Crippen molar-refractivity contribution in [1.29, 1.82) is 0 Å². The molecule has 1 heterocycles. The molecule has 0 bridgehead atoms. The minimum absolute atomic E-state index is 0.250. The van der Waals surface area contributed by atoms with Crippen LogP contribution in [0.4, 0.5) is 5.82 Å². The van der Waals surface area contributed by atoms with Crippen molar-refractivity contribution < 1.29 is 5.11 Å². The first-order valence-corrected chi connectivity index (χ1v) is 8.24. The van der Waals surface area contributed by atoms with Crippen molar-refractivity contribution in [2.45, 2.75) is 52.1 Å². The second-order valence-corrected chi connectivity index (χ2v) is 6.40. The van der Waals surface area contributed by atoms with Gasteiger partial charge in [0.1, 0.15) is 5.82 Å². The Morgan fingerprint density at radius 3 is 2.71 bits per heavy atom. The lowest BCUT2D eigenvalue weighted by molar-refractivity contribution is 0.282. The molecule has 1 aliphatic rings. The van der Waals surface area contributed by atoms with Gasteiger partial charge in [0.2, 0.25) is 0 Å². The van der Waals surface area contributed by atoms with Gasteiger partial charge in [-0.1, -0.05) is 19.9 Å². The van der Waals surface area contributed by atoms with E-state index < -0.39 is 0 Å². The average molecular weight is 291 g/mol. The predicted molar refractivity (Wildman–Crippen MR) is 87.5 cm³/mol. The normalized spacial score (nSPS) is 15.2. The molecule has 1 aromatic rings. The van der Waals surface area contributed by atoms with Crippen molar-refractivity contribution in [2.24, 2.45) is 5.92 Å². The summed E-state index contributed by atoms with van der Waals surface area (Å²) in [4.78, 5) is 7.00. The van der Waals surface area contributed by atoms with Crippen LogP contribution >= 0.6 is 0 Å². The first-order chi connectivity index (χ1) is 10.2. The van der Waals surface area contributed by atoms with Crippen LogP contribution in [0, 0.1) is 5.92 Å². The van der Waals surface area contributed by atoms with Crippen molar-refractivity contribution in [3.8, 4) is 0 Å². The Morgan fingerprint density at radius 1 is 1.38 bits per heavy atom. The van der Waals surface area contributed by atoms with Gasteiger partial charge in [0.15, 0.2) is 0 Å². The summed E-state index contributed by atoms with van der Waals surface area (Å²) in [5.74, 6) is 1.73. The molecule has 1 fully saturated rings. The van der Waals surface area contributed by atoms with Crippen LogP contribution in [0.1, 0.15) is 45.1 Å². The quantitative estimate of drug-likeness (QED) is 0.734. The van der Waals surface area contributed by atoms with Crippen LogP contribution in [0.2, 0.25) is 0 Å². The van der Waals surface area contributed by atoms with Gasteiger partial charge in [0.25, 0.3) is 0 Å². The lowest BCUT2D eigenvalue weighted by Gasteiger charge is -2.38. The fourth-order valence-electron chi connectivity index (χ4n) is 2.62. The zero-order chi connectivity index (χ0) is 15.1. The molecule has 0 amide bonds. The van der Waals surface area contributed by atoms with E-state index in [1.54, 1.807) is 0 Å². The smallest absolute Gasteiger partial charge is 0.128 e. The van der Waals surface area contributed by atoms with Crippen LogP contribution in [0.5, 0.6) is 0 Å². The molecule has 1 saturated carbocycles. The Labute approximate surface area is 128 Å². The lowest BCUT2D eigenvalue weighted by Crippen LogP contribution is -2.41. The molecule has 4 nitrogen and oxygen atoms in total. The summed E-state index contributed by atoms with van der Waals surface area (Å²) < 4.78 is 0. The minimum atomic E-state index is 0.250. The molecule has 0 saturated heterocycles. The highest BCUT2D eigenvalue weighted by Gasteiger charge is 2.25. The van der Waals surface area contributed by atoms with Gasteiger partial charge in [0, 0.05) is 31.9 Å². The number of rotatable bonds is 9. The lowest BCUT2D eigenvalue weighted by atomic mass is 9.91. The van der Waals surface area contributed by atoms with Crippen molar-refractivity contribution in [3.05, 3.63) is 23.9 Å². The van der Waals surface area contributed by atoms with Crippen molar-refractivity contribution in [2.75, 3.05) is 24.6 Å². The number of anilines is 1. The summed E-state index contributed by atoms with van der Waals surface area (Å²) >= 11 is 0. The zero-order valence-corrected chi connectivity index (χ0v) is 13.4. The highest BCUT2D eigenvalue weighted by molar-refractivity contribution is 5.41. The molecule has 0 aliphatic heterocycles. The third kappa shape index (κ3) is 4.97. The van der Waals surface area contributed by atoms with Crippen LogP contribution in [0.25, 0.3) is 0 Å². The minimum Gasteiger partial charge on any atom is -0.396 e. The van der Waals surface area contributed by atoms with E-state index in [-0.39, 0.29) is 6.61 Å². The summed E-state index contributed by atoms with van der Waals surface area (Å²) in [5, 5.41) is 12.5. The molecule has 0 atom stereocenters. The molecule has 21 heavy (non-hydrogen) atoms. The number of nitrogens with zero attached hydrogens (tertiary/aromatic N) is 2. The highest BCUT2D eigenvalue weighted by atomic mass is 16.3. The Hall–Kier alpha value is -1.13. The van der Waals surface area contributed by atoms with E-state index >= 15 is 0 Å². The first kappa shape index (κ1) is 16.2. The van der Waals surface area contributed by atoms with E-state index in [2.05, 4.69) is 41.2 Å². The summed E-state index contributed by atoms with van der Waals surface area (Å²) in [6, 6.07) is 4.91. The van der Waals surface area contributed by atoms with Crippen LogP contribution in [0.3, 0.4) is 0 Å². The SMILES string of the molecule is CC(C)CNCc1ccc(N(CCCO)C2CCC2)nc1. The van der Waals surface area contributed by atoms with Crippen molar-refractivity contribution in [3.63, 3.8) is 0 Å². The predicted octanol–water partition coefficient (Wildman–Crippen LogP) is 2.57. The van der Waals surface area contributed by atoms with Gasteiger partial charge in [-0.3, -0.25) is 0 Å². The second kappa shape index (κ2) is 8.35. The van der Waals surface area contributed by atoms with Crippen LogP contribution < -0.4 is 10.2 Å². The van der Waals surface area contributed by atoms with Gasteiger partial charge in [0.05, 0.1) is 0 Å². The molecule has 118 valence electrons. The molecule has 1 aliphatic carbocycles. The monoisotopic (exact) mass is 291 g/mol. The molecule has 0 unspecified atom stereocenters. The Bertz CT molecular complexity index is 401. The maximum absolute atomic E-state index is 9.07. The molecule has 1 aromatic heterocycles. The summed E-state index contributed by atoms with van der Waals surface area (Å²) in [6.45, 7) is 7.50. The van der Waals surface area contributed by atoms with E-state index in [1.165, 1.54) is 24.8 Å². The summed E-state index contributed by atoms with van der Waals surface area (Å²) in [6.07, 6.45) is 6.62. The number of aliphatic hydroxyl groups is 1. The highest BCUT2D eigenvalue weighted by Crippen LogP contribution is 2.28. The van der Waals surface area contributed by atoms with Crippen molar-refractivity contribution >= 4 is 5.82 Å². The molecule has 2 rings (SSSR count). The third-order valence-electron chi connectivity index (χ3n) is 4.06. The number of pyridine rings is 1. The van der Waals surface area contributed by atoms with E-state index in [1.807, 2.05) is 6.20 Å².